The lowest BCUT2D eigenvalue weighted by molar-refractivity contribution is 0.0627. The Morgan fingerprint density at radius 2 is 1.82 bits per heavy atom. The smallest absolute Gasteiger partial charge is 0.291 e. The molecule has 1 unspecified atom stereocenters. The van der Waals surface area contributed by atoms with Gasteiger partial charge in [-0.3, -0.25) is 4.79 Å². The van der Waals surface area contributed by atoms with Crippen LogP contribution >= 0.6 is 23.2 Å². The molecule has 8 heteroatoms. The van der Waals surface area contributed by atoms with Crippen molar-refractivity contribution in [2.75, 3.05) is 18.5 Å². The van der Waals surface area contributed by atoms with Gasteiger partial charge in [0.2, 0.25) is 0 Å². The molecule has 0 bridgehead atoms. The molecule has 146 valence electrons. The summed E-state index contributed by atoms with van der Waals surface area (Å²) < 4.78 is 16.0. The lowest BCUT2D eigenvalue weighted by Crippen LogP contribution is -2.25. The Kier molecular flexibility index (Phi) is 6.81. The van der Waals surface area contributed by atoms with Crippen molar-refractivity contribution < 1.29 is 23.8 Å². The number of aliphatic hydroxyl groups excluding tert-OH is 1. The summed E-state index contributed by atoms with van der Waals surface area (Å²) in [6.45, 7) is 0.0436. The second kappa shape index (κ2) is 9.50. The molecule has 0 spiro atoms. The fourth-order valence-corrected chi connectivity index (χ4v) is 2.72. The number of anilines is 1. The lowest BCUT2D eigenvalue weighted by atomic mass is 10.3. The predicted molar refractivity (Wildman–Crippen MR) is 107 cm³/mol. The van der Waals surface area contributed by atoms with E-state index in [1.165, 1.54) is 6.26 Å². The maximum Gasteiger partial charge on any atom is 0.291 e. The van der Waals surface area contributed by atoms with Gasteiger partial charge in [-0.25, -0.2) is 0 Å². The third-order valence-electron chi connectivity index (χ3n) is 3.62. The average molecular weight is 422 g/mol. The number of carbonyl (C=O) groups is 1. The number of rotatable bonds is 8. The number of benzene rings is 2. The van der Waals surface area contributed by atoms with Crippen LogP contribution in [0.25, 0.3) is 0 Å². The molecule has 2 aromatic carbocycles. The molecule has 28 heavy (non-hydrogen) atoms. The van der Waals surface area contributed by atoms with Crippen LogP contribution in [0.15, 0.2) is 65.3 Å². The number of halogens is 2. The van der Waals surface area contributed by atoms with Gasteiger partial charge in [-0.2, -0.15) is 0 Å². The van der Waals surface area contributed by atoms with E-state index in [4.69, 9.17) is 37.1 Å². The lowest BCUT2D eigenvalue weighted by Gasteiger charge is -2.14. The van der Waals surface area contributed by atoms with Gasteiger partial charge in [-0.15, -0.1) is 0 Å². The van der Waals surface area contributed by atoms with Crippen LogP contribution in [-0.4, -0.2) is 30.3 Å². The summed E-state index contributed by atoms with van der Waals surface area (Å²) in [6.07, 6.45) is 0.576. The Hall–Kier alpha value is -2.67. The minimum atomic E-state index is -0.856. The first kappa shape index (κ1) is 20.1. The van der Waals surface area contributed by atoms with Crippen LogP contribution in [0.4, 0.5) is 5.69 Å². The van der Waals surface area contributed by atoms with E-state index in [1.807, 2.05) is 0 Å². The normalized spacial score (nSPS) is 11.7. The van der Waals surface area contributed by atoms with Crippen LogP contribution in [0.5, 0.6) is 11.5 Å². The quantitative estimate of drug-likeness (QED) is 0.552. The highest BCUT2D eigenvalue weighted by atomic mass is 35.5. The van der Waals surface area contributed by atoms with E-state index < -0.39 is 6.10 Å². The number of carbonyl (C=O) groups excluding carboxylic acids is 1. The van der Waals surface area contributed by atoms with Crippen LogP contribution in [0, 0.1) is 0 Å². The van der Waals surface area contributed by atoms with Gasteiger partial charge >= 0.3 is 0 Å². The number of hydrogen-bond donors (Lipinski definition) is 2. The number of hydrogen-bond acceptors (Lipinski definition) is 5. The van der Waals surface area contributed by atoms with Crippen molar-refractivity contribution in [3.63, 3.8) is 0 Å². The van der Waals surface area contributed by atoms with Gasteiger partial charge in [0, 0.05) is 10.7 Å². The van der Waals surface area contributed by atoms with Crippen LogP contribution in [0.2, 0.25) is 10.0 Å². The van der Waals surface area contributed by atoms with E-state index in [9.17, 15) is 9.90 Å². The van der Waals surface area contributed by atoms with Gasteiger partial charge in [0.25, 0.3) is 5.91 Å². The molecule has 1 heterocycles. The predicted octanol–water partition coefficient (Wildman–Crippen LogP) is 4.66. The summed E-state index contributed by atoms with van der Waals surface area (Å²) >= 11 is 11.8. The molecule has 0 aliphatic rings. The van der Waals surface area contributed by atoms with Gasteiger partial charge in [-0.1, -0.05) is 23.2 Å². The summed E-state index contributed by atoms with van der Waals surface area (Å²) in [5.41, 5.74) is 0.593. The highest BCUT2D eigenvalue weighted by molar-refractivity contribution is 6.35. The van der Waals surface area contributed by atoms with Crippen molar-refractivity contribution >= 4 is 34.8 Å². The second-order valence-corrected chi connectivity index (χ2v) is 6.65. The van der Waals surface area contributed by atoms with Gasteiger partial charge in [0.15, 0.2) is 5.76 Å². The molecular weight excluding hydrogens is 405 g/mol. The van der Waals surface area contributed by atoms with Gasteiger partial charge in [0.1, 0.15) is 30.8 Å². The van der Waals surface area contributed by atoms with E-state index in [2.05, 4.69) is 5.32 Å². The first-order chi connectivity index (χ1) is 13.5. The number of nitrogens with one attached hydrogen (secondary N) is 1. The maximum atomic E-state index is 11.9. The van der Waals surface area contributed by atoms with E-state index in [1.54, 1.807) is 54.6 Å². The molecule has 0 aliphatic heterocycles. The van der Waals surface area contributed by atoms with Crippen LogP contribution in [0.1, 0.15) is 10.6 Å². The van der Waals surface area contributed by atoms with Crippen molar-refractivity contribution in [2.24, 2.45) is 0 Å². The zero-order valence-corrected chi connectivity index (χ0v) is 16.1. The van der Waals surface area contributed by atoms with Gasteiger partial charge in [0.05, 0.1) is 11.3 Å². The summed E-state index contributed by atoms with van der Waals surface area (Å²) in [5.74, 6) is 0.859. The van der Waals surface area contributed by atoms with Crippen molar-refractivity contribution in [1.29, 1.82) is 0 Å². The van der Waals surface area contributed by atoms with Crippen LogP contribution < -0.4 is 14.8 Å². The minimum absolute atomic E-state index is 0.0125. The zero-order chi connectivity index (χ0) is 19.9. The van der Waals surface area contributed by atoms with E-state index in [0.29, 0.717) is 27.2 Å². The van der Waals surface area contributed by atoms with Crippen molar-refractivity contribution in [3.05, 3.63) is 76.7 Å². The van der Waals surface area contributed by atoms with Gasteiger partial charge in [-0.05, 0) is 54.6 Å². The Bertz CT molecular complexity index is 913. The van der Waals surface area contributed by atoms with Gasteiger partial charge < -0.3 is 24.3 Å². The van der Waals surface area contributed by atoms with E-state index in [0.717, 1.165) is 0 Å². The molecule has 3 aromatic rings. The first-order valence-corrected chi connectivity index (χ1v) is 9.10. The molecule has 0 saturated heterocycles. The summed E-state index contributed by atoms with van der Waals surface area (Å²) in [4.78, 5) is 11.9. The molecule has 2 N–H and O–H groups in total. The molecule has 6 nitrogen and oxygen atoms in total. The fraction of sp³-hybridized carbons (Fsp3) is 0.150. The summed E-state index contributed by atoms with van der Waals surface area (Å²) in [6, 6.07) is 14.8. The maximum absolute atomic E-state index is 11.9. The number of aliphatic hydroxyl groups is 1. The standard InChI is InChI=1S/C20H17Cl2NO5/c21-13-3-8-18(17(22)10-13)28-12-15(24)11-27-16-6-4-14(5-7-16)23-20(25)19-2-1-9-26-19/h1-10,15,24H,11-12H2,(H,23,25). The topological polar surface area (TPSA) is 80.9 Å². The molecule has 0 radical (unpaired) electrons. The number of furan rings is 1. The molecule has 0 fully saturated rings. The molecular formula is C20H17Cl2NO5. The van der Waals surface area contributed by atoms with Crippen LogP contribution in [-0.2, 0) is 0 Å². The SMILES string of the molecule is O=C(Nc1ccc(OCC(O)COc2ccc(Cl)cc2Cl)cc1)c1ccco1. The summed E-state index contributed by atoms with van der Waals surface area (Å²) in [7, 11) is 0. The fourth-order valence-electron chi connectivity index (χ4n) is 2.25. The largest absolute Gasteiger partial charge is 0.491 e. The van der Waals surface area contributed by atoms with Crippen molar-refractivity contribution in [2.45, 2.75) is 6.10 Å². The monoisotopic (exact) mass is 421 g/mol. The third-order valence-corrected chi connectivity index (χ3v) is 4.16. The summed E-state index contributed by atoms with van der Waals surface area (Å²) in [5, 5.41) is 13.6. The van der Waals surface area contributed by atoms with E-state index in [-0.39, 0.29) is 24.9 Å². The zero-order valence-electron chi connectivity index (χ0n) is 14.6. The first-order valence-electron chi connectivity index (χ1n) is 8.35. The third kappa shape index (κ3) is 5.66. The Morgan fingerprint density at radius 1 is 1.07 bits per heavy atom. The number of amides is 1. The Labute approximate surface area is 171 Å². The molecule has 0 saturated carbocycles. The minimum Gasteiger partial charge on any atom is -0.491 e. The molecule has 0 aliphatic carbocycles. The molecule has 3 rings (SSSR count). The molecule has 1 aromatic heterocycles. The molecule has 1 atom stereocenters. The molecule has 1 amide bonds. The second-order valence-electron chi connectivity index (χ2n) is 5.81. The highest BCUT2D eigenvalue weighted by Gasteiger charge is 2.10. The van der Waals surface area contributed by atoms with Crippen LogP contribution in [0.3, 0.4) is 0 Å². The highest BCUT2D eigenvalue weighted by Crippen LogP contribution is 2.27. The Morgan fingerprint density at radius 3 is 2.50 bits per heavy atom. The number of ether oxygens (including phenoxy) is 2. The van der Waals surface area contributed by atoms with Crippen molar-refractivity contribution in [3.8, 4) is 11.5 Å². The van der Waals surface area contributed by atoms with E-state index >= 15 is 0 Å². The Balaban J connectivity index is 1.44. The van der Waals surface area contributed by atoms with Crippen molar-refractivity contribution in [1.82, 2.24) is 0 Å². The average Bonchev–Trinajstić information content (AvgIpc) is 3.22.